The van der Waals surface area contributed by atoms with Crippen molar-refractivity contribution < 1.29 is 9.53 Å². The van der Waals surface area contributed by atoms with Gasteiger partial charge in [0.25, 0.3) is 5.91 Å². The van der Waals surface area contributed by atoms with Crippen LogP contribution in [0, 0.1) is 6.92 Å². The summed E-state index contributed by atoms with van der Waals surface area (Å²) < 4.78 is 5.56. The Morgan fingerprint density at radius 3 is 2.65 bits per heavy atom. The highest BCUT2D eigenvalue weighted by atomic mass is 16.5. The van der Waals surface area contributed by atoms with Crippen molar-refractivity contribution in [3.8, 4) is 0 Å². The maximum absolute atomic E-state index is 12.3. The number of rotatable bonds is 5. The summed E-state index contributed by atoms with van der Waals surface area (Å²) in [5.74, 6) is 0.0781. The number of carbonyl (C=O) groups is 1. The second kappa shape index (κ2) is 6.85. The van der Waals surface area contributed by atoms with Gasteiger partial charge in [0.15, 0.2) is 0 Å². The molecule has 0 aliphatic carbocycles. The third-order valence-electron chi connectivity index (χ3n) is 3.58. The van der Waals surface area contributed by atoms with E-state index in [4.69, 9.17) is 4.74 Å². The molecule has 1 N–H and O–H groups in total. The quantitative estimate of drug-likeness (QED) is 0.870. The maximum atomic E-state index is 12.3. The zero-order valence-electron chi connectivity index (χ0n) is 12.6. The van der Waals surface area contributed by atoms with Crippen LogP contribution in [0.2, 0.25) is 0 Å². The molecule has 1 aliphatic rings. The zero-order valence-corrected chi connectivity index (χ0v) is 12.6. The molecule has 0 spiro atoms. The average molecular weight is 280 g/mol. The van der Waals surface area contributed by atoms with Gasteiger partial charge in [0.05, 0.1) is 24.5 Å². The van der Waals surface area contributed by atoms with E-state index in [1.807, 2.05) is 25.7 Å². The van der Waals surface area contributed by atoms with E-state index >= 15 is 0 Å². The number of hydrogen-bond acceptors (Lipinski definition) is 4. The summed E-state index contributed by atoms with van der Waals surface area (Å²) >= 11 is 0. The number of H-pyrrole nitrogens is 1. The first-order valence-electron chi connectivity index (χ1n) is 7.21. The second-order valence-corrected chi connectivity index (χ2v) is 5.46. The Morgan fingerprint density at radius 2 is 2.10 bits per heavy atom. The smallest absolute Gasteiger partial charge is 0.257 e. The Balaban J connectivity index is 1.77. The largest absolute Gasteiger partial charge is 0.377 e. The number of nitrogens with one attached hydrogen (secondary N) is 1. The van der Waals surface area contributed by atoms with E-state index in [0.29, 0.717) is 5.56 Å². The molecule has 0 radical (unpaired) electrons. The van der Waals surface area contributed by atoms with Gasteiger partial charge >= 0.3 is 0 Å². The van der Waals surface area contributed by atoms with Crippen LogP contribution >= 0.6 is 0 Å². The molecule has 1 aromatic heterocycles. The van der Waals surface area contributed by atoms with E-state index < -0.39 is 0 Å². The highest BCUT2D eigenvalue weighted by molar-refractivity contribution is 5.95. The van der Waals surface area contributed by atoms with E-state index in [1.54, 1.807) is 6.20 Å². The monoisotopic (exact) mass is 280 g/mol. The van der Waals surface area contributed by atoms with Crippen LogP contribution in [0.3, 0.4) is 0 Å². The Labute approximate surface area is 120 Å². The van der Waals surface area contributed by atoms with Crippen molar-refractivity contribution in [3.05, 3.63) is 17.5 Å². The Kier molecular flexibility index (Phi) is 5.14. The molecule has 0 atom stereocenters. The minimum atomic E-state index is 0.0781. The number of carbonyl (C=O) groups excluding carboxylic acids is 1. The molecule has 0 bridgehead atoms. The number of hydrogen-bond donors (Lipinski definition) is 1. The van der Waals surface area contributed by atoms with Crippen LogP contribution in [0.1, 0.15) is 29.9 Å². The van der Waals surface area contributed by atoms with Crippen LogP contribution < -0.4 is 0 Å². The van der Waals surface area contributed by atoms with E-state index in [0.717, 1.165) is 45.0 Å². The lowest BCUT2D eigenvalue weighted by atomic mass is 10.2. The SMILES string of the molecule is Cc1[nH]ncc1C(=O)N1CCN(CCOC(C)C)CC1. The molecule has 20 heavy (non-hydrogen) atoms. The number of aryl methyl sites for hydroxylation is 1. The van der Waals surface area contributed by atoms with Crippen molar-refractivity contribution in [2.45, 2.75) is 26.9 Å². The number of aromatic nitrogens is 2. The summed E-state index contributed by atoms with van der Waals surface area (Å²) in [4.78, 5) is 16.6. The number of aromatic amines is 1. The summed E-state index contributed by atoms with van der Waals surface area (Å²) in [6, 6.07) is 0. The summed E-state index contributed by atoms with van der Waals surface area (Å²) in [5.41, 5.74) is 1.52. The molecule has 1 amide bonds. The number of piperazine rings is 1. The molecule has 0 unspecified atom stereocenters. The fourth-order valence-corrected chi connectivity index (χ4v) is 2.33. The van der Waals surface area contributed by atoms with Crippen molar-refractivity contribution in [1.29, 1.82) is 0 Å². The zero-order chi connectivity index (χ0) is 14.5. The van der Waals surface area contributed by atoms with Gasteiger partial charge in [-0.15, -0.1) is 0 Å². The van der Waals surface area contributed by atoms with Crippen LogP contribution in [0.15, 0.2) is 6.20 Å². The third-order valence-corrected chi connectivity index (χ3v) is 3.58. The van der Waals surface area contributed by atoms with Gasteiger partial charge in [-0.05, 0) is 20.8 Å². The van der Waals surface area contributed by atoms with Crippen LogP contribution in [0.5, 0.6) is 0 Å². The molecule has 0 aromatic carbocycles. The minimum Gasteiger partial charge on any atom is -0.377 e. The normalized spacial score (nSPS) is 16.9. The number of amides is 1. The van der Waals surface area contributed by atoms with Gasteiger partial charge in [-0.1, -0.05) is 0 Å². The lowest BCUT2D eigenvalue weighted by molar-refractivity contribution is 0.0406. The van der Waals surface area contributed by atoms with Crippen molar-refractivity contribution in [2.24, 2.45) is 0 Å². The molecule has 2 heterocycles. The molecule has 112 valence electrons. The highest BCUT2D eigenvalue weighted by Gasteiger charge is 2.23. The fraction of sp³-hybridized carbons (Fsp3) is 0.714. The topological polar surface area (TPSA) is 61.5 Å². The third kappa shape index (κ3) is 3.80. The number of ether oxygens (including phenoxy) is 1. The molecule has 6 heteroatoms. The summed E-state index contributed by atoms with van der Waals surface area (Å²) in [7, 11) is 0. The van der Waals surface area contributed by atoms with E-state index in [1.165, 1.54) is 0 Å². The van der Waals surface area contributed by atoms with Gasteiger partial charge in [0, 0.05) is 38.4 Å². The van der Waals surface area contributed by atoms with Crippen LogP contribution in [-0.2, 0) is 4.74 Å². The standard InChI is InChI=1S/C14H24N4O2/c1-11(2)20-9-8-17-4-6-18(7-5-17)14(19)13-10-15-16-12(13)3/h10-11H,4-9H2,1-3H3,(H,15,16). The molecular formula is C14H24N4O2. The van der Waals surface area contributed by atoms with Crippen molar-refractivity contribution >= 4 is 5.91 Å². The molecule has 0 saturated carbocycles. The van der Waals surface area contributed by atoms with E-state index in [9.17, 15) is 4.79 Å². The van der Waals surface area contributed by atoms with Gasteiger partial charge in [-0.25, -0.2) is 0 Å². The number of nitrogens with zero attached hydrogens (tertiary/aromatic N) is 3. The Morgan fingerprint density at radius 1 is 1.40 bits per heavy atom. The summed E-state index contributed by atoms with van der Waals surface area (Å²) in [6.45, 7) is 11.0. The van der Waals surface area contributed by atoms with Gasteiger partial charge in [0.1, 0.15) is 0 Å². The van der Waals surface area contributed by atoms with Crippen LogP contribution in [0.25, 0.3) is 0 Å². The average Bonchev–Trinajstić information content (AvgIpc) is 2.84. The minimum absolute atomic E-state index is 0.0781. The van der Waals surface area contributed by atoms with Gasteiger partial charge < -0.3 is 9.64 Å². The molecule has 6 nitrogen and oxygen atoms in total. The van der Waals surface area contributed by atoms with E-state index in [2.05, 4.69) is 15.1 Å². The maximum Gasteiger partial charge on any atom is 0.257 e. The predicted octanol–water partition coefficient (Wildman–Crippen LogP) is 0.901. The molecule has 1 fully saturated rings. The van der Waals surface area contributed by atoms with Crippen molar-refractivity contribution in [3.63, 3.8) is 0 Å². The first kappa shape index (κ1) is 15.0. The van der Waals surface area contributed by atoms with Gasteiger partial charge in [0.2, 0.25) is 0 Å². The fourth-order valence-electron chi connectivity index (χ4n) is 2.33. The predicted molar refractivity (Wildman–Crippen MR) is 76.8 cm³/mol. The summed E-state index contributed by atoms with van der Waals surface area (Å²) in [5, 5.41) is 6.72. The first-order valence-corrected chi connectivity index (χ1v) is 7.21. The van der Waals surface area contributed by atoms with E-state index in [-0.39, 0.29) is 12.0 Å². The highest BCUT2D eigenvalue weighted by Crippen LogP contribution is 2.10. The molecule has 1 saturated heterocycles. The summed E-state index contributed by atoms with van der Waals surface area (Å²) in [6.07, 6.45) is 1.89. The molecular weight excluding hydrogens is 256 g/mol. The van der Waals surface area contributed by atoms with Crippen LogP contribution in [0.4, 0.5) is 0 Å². The Bertz CT molecular complexity index is 436. The van der Waals surface area contributed by atoms with Crippen LogP contribution in [-0.4, -0.2) is 71.3 Å². The molecule has 2 rings (SSSR count). The van der Waals surface area contributed by atoms with Gasteiger partial charge in [-0.2, -0.15) is 5.10 Å². The van der Waals surface area contributed by atoms with Crippen molar-refractivity contribution in [2.75, 3.05) is 39.3 Å². The van der Waals surface area contributed by atoms with Crippen molar-refractivity contribution in [1.82, 2.24) is 20.0 Å². The first-order chi connectivity index (χ1) is 9.58. The molecule has 1 aliphatic heterocycles. The molecule has 1 aromatic rings. The van der Waals surface area contributed by atoms with Gasteiger partial charge in [-0.3, -0.25) is 14.8 Å². The second-order valence-electron chi connectivity index (χ2n) is 5.46. The lowest BCUT2D eigenvalue weighted by Gasteiger charge is -2.34. The Hall–Kier alpha value is -1.40. The lowest BCUT2D eigenvalue weighted by Crippen LogP contribution is -2.49.